The summed E-state index contributed by atoms with van der Waals surface area (Å²) >= 11 is 4.17. The maximum atomic E-state index is 2.32. The molecule has 0 N–H and O–H groups in total. The smallest absolute Gasteiger partial charge is 0.00750 e. The third-order valence-electron chi connectivity index (χ3n) is 3.71. The third kappa shape index (κ3) is 32.4. The van der Waals surface area contributed by atoms with Crippen LogP contribution in [-0.2, 0) is 0 Å². The summed E-state index contributed by atoms with van der Waals surface area (Å²) in [7, 11) is 0. The van der Waals surface area contributed by atoms with Gasteiger partial charge in [-0.2, -0.15) is 23.5 Å². The molecule has 160 valence electrons. The standard InChI is InChI=1S/2C12H26S/c2*1-11(2,3)9-7-8-10-13-12(4,5)6/h2*7-10H2,1-6H3. The van der Waals surface area contributed by atoms with Gasteiger partial charge in [0.2, 0.25) is 0 Å². The summed E-state index contributed by atoms with van der Waals surface area (Å²) in [5.74, 6) is 2.64. The minimum absolute atomic E-state index is 0.446. The van der Waals surface area contributed by atoms with Crippen molar-refractivity contribution in [1.82, 2.24) is 0 Å². The number of unbranched alkanes of at least 4 members (excludes halogenated alkanes) is 2. The molecule has 0 fully saturated rings. The molecule has 0 aromatic carbocycles. The number of rotatable bonds is 8. The summed E-state index contributed by atoms with van der Waals surface area (Å²) in [6.45, 7) is 27.7. The van der Waals surface area contributed by atoms with Crippen molar-refractivity contribution in [2.24, 2.45) is 10.8 Å². The van der Waals surface area contributed by atoms with Gasteiger partial charge in [0, 0.05) is 9.49 Å². The first kappa shape index (κ1) is 28.9. The Balaban J connectivity index is 0. The molecule has 0 aliphatic carbocycles. The summed E-state index contributed by atoms with van der Waals surface area (Å²) < 4.78 is 0.892. The van der Waals surface area contributed by atoms with Gasteiger partial charge in [0.15, 0.2) is 0 Å². The molecule has 0 aromatic rings. The lowest BCUT2D eigenvalue weighted by Gasteiger charge is -2.19. The fourth-order valence-electron chi connectivity index (χ4n) is 2.27. The van der Waals surface area contributed by atoms with Gasteiger partial charge >= 0.3 is 0 Å². The molecule has 0 heterocycles. The van der Waals surface area contributed by atoms with Crippen molar-refractivity contribution in [3.05, 3.63) is 0 Å². The summed E-state index contributed by atoms with van der Waals surface area (Å²) in [5, 5.41) is 0. The van der Waals surface area contributed by atoms with Crippen LogP contribution in [0.5, 0.6) is 0 Å². The Morgan fingerprint density at radius 1 is 0.423 bits per heavy atom. The zero-order valence-electron chi connectivity index (χ0n) is 20.5. The predicted octanol–water partition coefficient (Wildman–Crippen LogP) is 9.47. The molecule has 0 saturated carbocycles. The van der Waals surface area contributed by atoms with E-state index in [4.69, 9.17) is 0 Å². The number of hydrogen-bond donors (Lipinski definition) is 0. The van der Waals surface area contributed by atoms with E-state index in [1.54, 1.807) is 0 Å². The van der Waals surface area contributed by atoms with E-state index in [1.807, 2.05) is 0 Å². The average molecular weight is 405 g/mol. The highest BCUT2D eigenvalue weighted by atomic mass is 32.2. The molecule has 0 unspecified atom stereocenters. The van der Waals surface area contributed by atoms with Crippen LogP contribution in [0.15, 0.2) is 0 Å². The van der Waals surface area contributed by atoms with Crippen molar-refractivity contribution in [3.8, 4) is 0 Å². The first-order chi connectivity index (χ1) is 11.4. The zero-order valence-corrected chi connectivity index (χ0v) is 22.1. The molecule has 0 rings (SSSR count). The molecule has 0 saturated heterocycles. The minimum Gasteiger partial charge on any atom is -0.156 e. The van der Waals surface area contributed by atoms with Crippen molar-refractivity contribution in [2.75, 3.05) is 11.5 Å². The Morgan fingerprint density at radius 3 is 0.885 bits per heavy atom. The quantitative estimate of drug-likeness (QED) is 0.369. The van der Waals surface area contributed by atoms with Crippen LogP contribution >= 0.6 is 23.5 Å². The lowest BCUT2D eigenvalue weighted by atomic mass is 9.90. The van der Waals surface area contributed by atoms with E-state index in [1.165, 1.54) is 50.0 Å². The zero-order chi connectivity index (χ0) is 21.1. The summed E-state index contributed by atoms with van der Waals surface area (Å²) in [6.07, 6.45) is 8.23. The largest absolute Gasteiger partial charge is 0.156 e. The first-order valence-corrected chi connectivity index (χ1v) is 12.7. The predicted molar refractivity (Wildman–Crippen MR) is 131 cm³/mol. The van der Waals surface area contributed by atoms with Gasteiger partial charge in [-0.1, -0.05) is 95.9 Å². The van der Waals surface area contributed by atoms with Crippen molar-refractivity contribution >= 4 is 23.5 Å². The Hall–Kier alpha value is 0.700. The molecule has 0 atom stereocenters. The van der Waals surface area contributed by atoms with E-state index in [9.17, 15) is 0 Å². The topological polar surface area (TPSA) is 0 Å². The average Bonchev–Trinajstić information content (AvgIpc) is 2.33. The normalized spacial score (nSPS) is 13.4. The Labute approximate surface area is 176 Å². The Bertz CT molecular complexity index is 252. The highest BCUT2D eigenvalue weighted by Crippen LogP contribution is 2.27. The van der Waals surface area contributed by atoms with Crippen LogP contribution in [0.1, 0.15) is 122 Å². The second-order valence-corrected chi connectivity index (χ2v) is 15.8. The lowest BCUT2D eigenvalue weighted by molar-refractivity contribution is 0.364. The van der Waals surface area contributed by atoms with Gasteiger partial charge in [-0.25, -0.2) is 0 Å². The highest BCUT2D eigenvalue weighted by Gasteiger charge is 2.12. The van der Waals surface area contributed by atoms with Gasteiger partial charge in [0.05, 0.1) is 0 Å². The van der Waals surface area contributed by atoms with E-state index in [0.717, 1.165) is 0 Å². The van der Waals surface area contributed by atoms with Crippen molar-refractivity contribution in [2.45, 2.75) is 131 Å². The van der Waals surface area contributed by atoms with E-state index in [2.05, 4.69) is 107 Å². The van der Waals surface area contributed by atoms with E-state index < -0.39 is 0 Å². The maximum absolute atomic E-state index is 2.32. The van der Waals surface area contributed by atoms with Gasteiger partial charge in [-0.15, -0.1) is 0 Å². The third-order valence-corrected chi connectivity index (χ3v) is 6.43. The molecule has 26 heavy (non-hydrogen) atoms. The van der Waals surface area contributed by atoms with Gasteiger partial charge < -0.3 is 0 Å². The van der Waals surface area contributed by atoms with Gasteiger partial charge in [0.1, 0.15) is 0 Å². The summed E-state index contributed by atoms with van der Waals surface area (Å²) in [5.41, 5.74) is 1.04. The molecular formula is C24H52S2. The first-order valence-electron chi connectivity index (χ1n) is 10.7. The Morgan fingerprint density at radius 2 is 0.692 bits per heavy atom. The molecule has 0 aliphatic rings. The fourth-order valence-corrected chi connectivity index (χ4v) is 4.19. The monoisotopic (exact) mass is 404 g/mol. The molecule has 2 heteroatoms. The molecule has 0 nitrogen and oxygen atoms in total. The molecule has 0 aromatic heterocycles. The summed E-state index contributed by atoms with van der Waals surface area (Å²) in [4.78, 5) is 0. The second-order valence-electron chi connectivity index (χ2n) is 12.0. The maximum Gasteiger partial charge on any atom is 0.00750 e. The fraction of sp³-hybridized carbons (Fsp3) is 1.00. The van der Waals surface area contributed by atoms with Crippen LogP contribution in [0.3, 0.4) is 0 Å². The molecule has 0 bridgehead atoms. The van der Waals surface area contributed by atoms with Crippen LogP contribution in [0.2, 0.25) is 0 Å². The van der Waals surface area contributed by atoms with Gasteiger partial charge in [-0.05, 0) is 48.0 Å². The highest BCUT2D eigenvalue weighted by molar-refractivity contribution is 8.00. The SMILES string of the molecule is CC(C)(C)CCCCSC(C)(C)C.CC(C)(C)CCCCSC(C)(C)C. The lowest BCUT2D eigenvalue weighted by Crippen LogP contribution is -2.09. The van der Waals surface area contributed by atoms with E-state index >= 15 is 0 Å². The number of hydrogen-bond acceptors (Lipinski definition) is 2. The molecule has 0 aliphatic heterocycles. The minimum atomic E-state index is 0.446. The van der Waals surface area contributed by atoms with Crippen LogP contribution in [0, 0.1) is 10.8 Å². The molecule has 0 radical (unpaired) electrons. The van der Waals surface area contributed by atoms with Crippen LogP contribution in [-0.4, -0.2) is 21.0 Å². The van der Waals surface area contributed by atoms with Crippen LogP contribution in [0.4, 0.5) is 0 Å². The van der Waals surface area contributed by atoms with E-state index in [-0.39, 0.29) is 0 Å². The summed E-state index contributed by atoms with van der Waals surface area (Å²) in [6, 6.07) is 0. The Kier molecular flexibility index (Phi) is 14.5. The number of thioether (sulfide) groups is 2. The molecule has 0 spiro atoms. The van der Waals surface area contributed by atoms with E-state index in [0.29, 0.717) is 20.3 Å². The van der Waals surface area contributed by atoms with Gasteiger partial charge in [-0.3, -0.25) is 0 Å². The second kappa shape index (κ2) is 13.0. The van der Waals surface area contributed by atoms with Crippen LogP contribution < -0.4 is 0 Å². The molecular weight excluding hydrogens is 352 g/mol. The van der Waals surface area contributed by atoms with Crippen LogP contribution in [0.25, 0.3) is 0 Å². The van der Waals surface area contributed by atoms with Crippen molar-refractivity contribution in [1.29, 1.82) is 0 Å². The van der Waals surface area contributed by atoms with Gasteiger partial charge in [0.25, 0.3) is 0 Å². The molecule has 0 amide bonds. The van der Waals surface area contributed by atoms with Crippen molar-refractivity contribution < 1.29 is 0 Å². The van der Waals surface area contributed by atoms with Crippen molar-refractivity contribution in [3.63, 3.8) is 0 Å².